The van der Waals surface area contributed by atoms with Crippen LogP contribution in [0.15, 0.2) is 58.5 Å². The first-order valence-electron chi connectivity index (χ1n) is 8.27. The Bertz CT molecular complexity index is 986. The largest absolute Gasteiger partial charge is 0.268 e. The van der Waals surface area contributed by atoms with Gasteiger partial charge in [0.15, 0.2) is 5.16 Å². The Kier molecular flexibility index (Phi) is 5.20. The number of fused-ring (bicyclic) bond motifs is 1. The molecule has 0 fully saturated rings. The van der Waals surface area contributed by atoms with E-state index in [0.29, 0.717) is 22.0 Å². The van der Waals surface area contributed by atoms with Crippen molar-refractivity contribution in [3.63, 3.8) is 0 Å². The molecule has 5 heteroatoms. The molecule has 0 radical (unpaired) electrons. The number of nitriles is 1. The molecule has 0 aliphatic rings. The maximum atomic E-state index is 13.0. The Morgan fingerprint density at radius 2 is 1.92 bits per heavy atom. The van der Waals surface area contributed by atoms with Gasteiger partial charge in [-0.1, -0.05) is 49.9 Å². The Balaban J connectivity index is 2.18. The SMILES string of the molecule is CCC(C)c1ccc(-n2c(SCC#N)nc3ccccc3c2=O)cc1. The van der Waals surface area contributed by atoms with E-state index >= 15 is 0 Å². The van der Waals surface area contributed by atoms with Crippen LogP contribution in [0, 0.1) is 11.3 Å². The molecule has 3 rings (SSSR count). The molecule has 126 valence electrons. The number of benzene rings is 2. The highest BCUT2D eigenvalue weighted by Crippen LogP contribution is 2.23. The van der Waals surface area contributed by atoms with Crippen molar-refractivity contribution in [2.75, 3.05) is 5.75 Å². The highest BCUT2D eigenvalue weighted by Gasteiger charge is 2.13. The highest BCUT2D eigenvalue weighted by molar-refractivity contribution is 7.99. The summed E-state index contributed by atoms with van der Waals surface area (Å²) >= 11 is 1.28. The van der Waals surface area contributed by atoms with Gasteiger partial charge in [0.05, 0.1) is 28.4 Å². The summed E-state index contributed by atoms with van der Waals surface area (Å²) in [6, 6.07) is 17.4. The minimum absolute atomic E-state index is 0.109. The molecule has 0 bridgehead atoms. The Hall–Kier alpha value is -2.58. The minimum Gasteiger partial charge on any atom is -0.268 e. The summed E-state index contributed by atoms with van der Waals surface area (Å²) in [6.07, 6.45) is 1.07. The van der Waals surface area contributed by atoms with Gasteiger partial charge in [-0.25, -0.2) is 4.98 Å². The number of aromatic nitrogens is 2. The fourth-order valence-corrected chi connectivity index (χ4v) is 3.40. The zero-order valence-corrected chi connectivity index (χ0v) is 15.1. The Morgan fingerprint density at radius 1 is 1.20 bits per heavy atom. The van der Waals surface area contributed by atoms with Gasteiger partial charge in [-0.2, -0.15) is 5.26 Å². The monoisotopic (exact) mass is 349 g/mol. The van der Waals surface area contributed by atoms with Gasteiger partial charge in [0.25, 0.3) is 5.56 Å². The van der Waals surface area contributed by atoms with Crippen LogP contribution in [0.2, 0.25) is 0 Å². The van der Waals surface area contributed by atoms with E-state index in [9.17, 15) is 4.79 Å². The summed E-state index contributed by atoms with van der Waals surface area (Å²) in [7, 11) is 0. The fourth-order valence-electron chi connectivity index (χ4n) is 2.72. The molecule has 0 N–H and O–H groups in total. The smallest absolute Gasteiger partial charge is 0.266 e. The summed E-state index contributed by atoms with van der Waals surface area (Å²) in [5, 5.41) is 10.0. The number of hydrogen-bond donors (Lipinski definition) is 0. The predicted octanol–water partition coefficient (Wildman–Crippen LogP) is 4.51. The molecule has 25 heavy (non-hydrogen) atoms. The third kappa shape index (κ3) is 3.45. The van der Waals surface area contributed by atoms with Gasteiger partial charge in [-0.05, 0) is 42.2 Å². The van der Waals surface area contributed by atoms with Gasteiger partial charge < -0.3 is 0 Å². The normalized spacial score (nSPS) is 12.0. The van der Waals surface area contributed by atoms with Crippen molar-refractivity contribution in [3.8, 4) is 11.8 Å². The van der Waals surface area contributed by atoms with Crippen molar-refractivity contribution in [2.45, 2.75) is 31.3 Å². The highest BCUT2D eigenvalue weighted by atomic mass is 32.2. The van der Waals surface area contributed by atoms with Crippen molar-refractivity contribution in [1.29, 1.82) is 5.26 Å². The zero-order valence-electron chi connectivity index (χ0n) is 14.3. The van der Waals surface area contributed by atoms with E-state index in [1.807, 2.05) is 30.3 Å². The van der Waals surface area contributed by atoms with Gasteiger partial charge in [-0.15, -0.1) is 0 Å². The average molecular weight is 349 g/mol. The van der Waals surface area contributed by atoms with Crippen LogP contribution in [0.3, 0.4) is 0 Å². The molecule has 1 atom stereocenters. The summed E-state index contributed by atoms with van der Waals surface area (Å²) in [6.45, 7) is 4.35. The zero-order chi connectivity index (χ0) is 17.8. The molecular weight excluding hydrogens is 330 g/mol. The Labute approximate surface area is 151 Å². The number of para-hydroxylation sites is 1. The fraction of sp³-hybridized carbons (Fsp3) is 0.250. The van der Waals surface area contributed by atoms with Crippen LogP contribution in [-0.2, 0) is 0 Å². The Morgan fingerprint density at radius 3 is 2.60 bits per heavy atom. The van der Waals surface area contributed by atoms with Gasteiger partial charge >= 0.3 is 0 Å². The average Bonchev–Trinajstić information content (AvgIpc) is 2.66. The number of nitrogens with zero attached hydrogens (tertiary/aromatic N) is 3. The summed E-state index contributed by atoms with van der Waals surface area (Å²) in [4.78, 5) is 17.6. The molecule has 0 saturated heterocycles. The lowest BCUT2D eigenvalue weighted by Gasteiger charge is -2.14. The summed E-state index contributed by atoms with van der Waals surface area (Å²) < 4.78 is 1.60. The second kappa shape index (κ2) is 7.54. The van der Waals surface area contributed by atoms with Crippen LogP contribution in [0.4, 0.5) is 0 Å². The number of hydrogen-bond acceptors (Lipinski definition) is 4. The van der Waals surface area contributed by atoms with Crippen LogP contribution in [0.5, 0.6) is 0 Å². The van der Waals surface area contributed by atoms with E-state index in [1.54, 1.807) is 10.6 Å². The van der Waals surface area contributed by atoms with Crippen LogP contribution in [-0.4, -0.2) is 15.3 Å². The van der Waals surface area contributed by atoms with Crippen molar-refractivity contribution < 1.29 is 0 Å². The first-order valence-corrected chi connectivity index (χ1v) is 9.26. The molecule has 1 unspecified atom stereocenters. The van der Waals surface area contributed by atoms with E-state index in [2.05, 4.69) is 37.0 Å². The van der Waals surface area contributed by atoms with E-state index < -0.39 is 0 Å². The van der Waals surface area contributed by atoms with Crippen LogP contribution >= 0.6 is 11.8 Å². The van der Waals surface area contributed by atoms with Crippen molar-refractivity contribution in [2.24, 2.45) is 0 Å². The second-order valence-corrected chi connectivity index (χ2v) is 6.84. The predicted molar refractivity (Wildman–Crippen MR) is 102 cm³/mol. The molecule has 0 spiro atoms. The quantitative estimate of drug-likeness (QED) is 0.502. The van der Waals surface area contributed by atoms with Crippen molar-refractivity contribution in [3.05, 3.63) is 64.4 Å². The van der Waals surface area contributed by atoms with Gasteiger partial charge in [0.2, 0.25) is 0 Å². The molecule has 1 heterocycles. The van der Waals surface area contributed by atoms with Gasteiger partial charge in [0.1, 0.15) is 0 Å². The van der Waals surface area contributed by atoms with Gasteiger partial charge in [-0.3, -0.25) is 9.36 Å². The lowest BCUT2D eigenvalue weighted by atomic mass is 9.98. The third-order valence-electron chi connectivity index (χ3n) is 4.34. The van der Waals surface area contributed by atoms with E-state index in [4.69, 9.17) is 5.26 Å². The number of thioether (sulfide) groups is 1. The first-order chi connectivity index (χ1) is 12.2. The third-order valence-corrected chi connectivity index (χ3v) is 5.15. The van der Waals surface area contributed by atoms with Crippen LogP contribution < -0.4 is 5.56 Å². The molecule has 0 saturated carbocycles. The molecule has 0 aliphatic carbocycles. The van der Waals surface area contributed by atoms with Crippen molar-refractivity contribution in [1.82, 2.24) is 9.55 Å². The molecule has 1 aromatic heterocycles. The second-order valence-electron chi connectivity index (χ2n) is 5.90. The standard InChI is InChI=1S/C20H19N3OS/c1-3-14(2)15-8-10-16(11-9-15)23-19(24)17-6-4-5-7-18(17)22-20(23)25-13-12-21/h4-11,14H,3,13H2,1-2H3. The van der Waals surface area contributed by atoms with Crippen LogP contribution in [0.1, 0.15) is 31.7 Å². The van der Waals surface area contributed by atoms with E-state index in [-0.39, 0.29) is 11.3 Å². The lowest BCUT2D eigenvalue weighted by molar-refractivity contribution is 0.732. The van der Waals surface area contributed by atoms with Crippen molar-refractivity contribution >= 4 is 22.7 Å². The molecule has 2 aromatic carbocycles. The number of rotatable bonds is 5. The molecule has 0 amide bonds. The molecular formula is C20H19N3OS. The summed E-state index contributed by atoms with van der Waals surface area (Å²) in [5.41, 5.74) is 2.57. The first kappa shape index (κ1) is 17.2. The van der Waals surface area contributed by atoms with E-state index in [1.165, 1.54) is 17.3 Å². The van der Waals surface area contributed by atoms with Crippen LogP contribution in [0.25, 0.3) is 16.6 Å². The molecule has 0 aliphatic heterocycles. The minimum atomic E-state index is -0.109. The van der Waals surface area contributed by atoms with E-state index in [0.717, 1.165) is 12.1 Å². The lowest BCUT2D eigenvalue weighted by Crippen LogP contribution is -2.21. The topological polar surface area (TPSA) is 58.7 Å². The summed E-state index contributed by atoms with van der Waals surface area (Å²) in [5.74, 6) is 0.725. The maximum absolute atomic E-state index is 13.0. The van der Waals surface area contributed by atoms with Gasteiger partial charge in [0, 0.05) is 0 Å². The maximum Gasteiger partial charge on any atom is 0.266 e. The molecule has 3 aromatic rings. The molecule has 4 nitrogen and oxygen atoms in total.